The van der Waals surface area contributed by atoms with Crippen molar-refractivity contribution in [1.82, 2.24) is 20.2 Å². The quantitative estimate of drug-likeness (QED) is 0.597. The fraction of sp³-hybridized carbons (Fsp3) is 0.500. The third-order valence-corrected chi connectivity index (χ3v) is 5.46. The number of imidazole rings is 1. The number of nitrogens with one attached hydrogen (secondary N) is 2. The summed E-state index contributed by atoms with van der Waals surface area (Å²) in [7, 11) is 0. The van der Waals surface area contributed by atoms with Gasteiger partial charge >= 0.3 is 6.09 Å². The molecule has 2 heterocycles. The van der Waals surface area contributed by atoms with Gasteiger partial charge in [-0.15, -0.1) is 0 Å². The summed E-state index contributed by atoms with van der Waals surface area (Å²) < 4.78 is 1.10. The van der Waals surface area contributed by atoms with Crippen LogP contribution in [0.3, 0.4) is 0 Å². The molecular formula is C18H23IN4O3. The van der Waals surface area contributed by atoms with E-state index in [9.17, 15) is 9.59 Å². The zero-order chi connectivity index (χ0) is 19.0. The number of carbonyl (C=O) groups is 2. The van der Waals surface area contributed by atoms with E-state index in [1.54, 1.807) is 4.90 Å². The second-order valence-corrected chi connectivity index (χ2v) is 8.55. The molecule has 0 radical (unpaired) electrons. The number of carboxylic acid groups (broad SMARTS) is 1. The highest BCUT2D eigenvalue weighted by Gasteiger charge is 2.40. The monoisotopic (exact) mass is 470 g/mol. The van der Waals surface area contributed by atoms with Gasteiger partial charge in [0.05, 0.1) is 17.1 Å². The average molecular weight is 470 g/mol. The van der Waals surface area contributed by atoms with Gasteiger partial charge in [-0.25, -0.2) is 9.78 Å². The largest absolute Gasteiger partial charge is 0.465 e. The van der Waals surface area contributed by atoms with Crippen LogP contribution in [0.2, 0.25) is 0 Å². The molecule has 1 saturated heterocycles. The van der Waals surface area contributed by atoms with Gasteiger partial charge < -0.3 is 20.3 Å². The van der Waals surface area contributed by atoms with Crippen LogP contribution in [-0.2, 0) is 4.79 Å². The van der Waals surface area contributed by atoms with E-state index in [0.717, 1.165) is 26.8 Å². The van der Waals surface area contributed by atoms with Crippen molar-refractivity contribution in [3.05, 3.63) is 27.6 Å². The number of aromatic amines is 1. The van der Waals surface area contributed by atoms with E-state index in [1.165, 1.54) is 0 Å². The molecule has 1 aliphatic heterocycles. The highest BCUT2D eigenvalue weighted by atomic mass is 127. The number of benzene rings is 1. The molecule has 0 bridgehead atoms. The molecule has 0 aliphatic carbocycles. The number of H-pyrrole nitrogens is 1. The molecule has 0 unspecified atom stereocenters. The fourth-order valence-electron chi connectivity index (χ4n) is 3.53. The zero-order valence-corrected chi connectivity index (χ0v) is 17.1. The topological polar surface area (TPSA) is 98.3 Å². The average Bonchev–Trinajstić information content (AvgIpc) is 3.14. The van der Waals surface area contributed by atoms with E-state index in [2.05, 4.69) is 39.8 Å². The minimum atomic E-state index is -1.18. The van der Waals surface area contributed by atoms with Crippen LogP contribution >= 0.6 is 22.6 Å². The molecule has 1 aromatic heterocycles. The number of likely N-dealkylation sites (tertiary alicyclic amines) is 1. The number of halogens is 1. The van der Waals surface area contributed by atoms with Crippen molar-refractivity contribution in [3.63, 3.8) is 0 Å². The Balaban J connectivity index is 1.91. The number of hydrogen-bond acceptors (Lipinski definition) is 3. The van der Waals surface area contributed by atoms with Gasteiger partial charge in [0.25, 0.3) is 0 Å². The van der Waals surface area contributed by atoms with Gasteiger partial charge in [-0.1, -0.05) is 20.8 Å². The van der Waals surface area contributed by atoms with Crippen molar-refractivity contribution in [2.45, 2.75) is 39.3 Å². The van der Waals surface area contributed by atoms with Crippen LogP contribution in [-0.4, -0.2) is 44.6 Å². The van der Waals surface area contributed by atoms with Crippen molar-refractivity contribution in [1.29, 1.82) is 0 Å². The van der Waals surface area contributed by atoms with Crippen LogP contribution < -0.4 is 5.32 Å². The summed E-state index contributed by atoms with van der Waals surface area (Å²) in [6.45, 7) is 6.38. The van der Waals surface area contributed by atoms with Crippen LogP contribution in [0.15, 0.2) is 18.2 Å². The molecule has 1 fully saturated rings. The lowest BCUT2D eigenvalue weighted by molar-refractivity contribution is -0.135. The standard InChI is InChI=1S/C18H23IN4O3/c1-9(2)15(22-18(25)26)17(24)23-8-10(3)6-14(23)16-20-12-5-4-11(19)7-13(12)21-16/h4-5,7,9-10,14-15,22H,6,8H2,1-3H3,(H,20,21)(H,25,26)/t10-,14+,15+/m1/s1. The van der Waals surface area contributed by atoms with Crippen LogP contribution in [0.5, 0.6) is 0 Å². The Labute approximate surface area is 165 Å². The van der Waals surface area contributed by atoms with Crippen molar-refractivity contribution >= 4 is 45.6 Å². The summed E-state index contributed by atoms with van der Waals surface area (Å²) in [5, 5.41) is 11.5. The lowest BCUT2D eigenvalue weighted by Gasteiger charge is -2.29. The maximum absolute atomic E-state index is 13.1. The molecule has 8 heteroatoms. The third-order valence-electron chi connectivity index (χ3n) is 4.78. The van der Waals surface area contributed by atoms with Crippen molar-refractivity contribution < 1.29 is 14.7 Å². The van der Waals surface area contributed by atoms with Gasteiger partial charge in [-0.2, -0.15) is 0 Å². The van der Waals surface area contributed by atoms with Crippen LogP contribution in [0, 0.1) is 15.4 Å². The predicted octanol–water partition coefficient (Wildman–Crippen LogP) is 3.37. The van der Waals surface area contributed by atoms with Crippen LogP contribution in [0.25, 0.3) is 11.0 Å². The van der Waals surface area contributed by atoms with E-state index in [4.69, 9.17) is 10.1 Å². The normalized spacial score (nSPS) is 21.3. The van der Waals surface area contributed by atoms with Gasteiger partial charge in [0, 0.05) is 10.1 Å². The summed E-state index contributed by atoms with van der Waals surface area (Å²) in [5.74, 6) is 0.770. The second kappa shape index (κ2) is 7.42. The maximum atomic E-state index is 13.1. The predicted molar refractivity (Wildman–Crippen MR) is 107 cm³/mol. The summed E-state index contributed by atoms with van der Waals surface area (Å²) in [5.41, 5.74) is 1.82. The Hall–Kier alpha value is -1.84. The van der Waals surface area contributed by atoms with E-state index in [0.29, 0.717) is 12.5 Å². The molecular weight excluding hydrogens is 447 g/mol. The number of amides is 2. The Morgan fingerprint density at radius 2 is 2.15 bits per heavy atom. The van der Waals surface area contributed by atoms with Crippen LogP contribution in [0.4, 0.5) is 4.79 Å². The summed E-state index contributed by atoms with van der Waals surface area (Å²) >= 11 is 2.25. The lowest BCUT2D eigenvalue weighted by Crippen LogP contribution is -2.50. The molecule has 140 valence electrons. The minimum absolute atomic E-state index is 0.132. The zero-order valence-electron chi connectivity index (χ0n) is 15.0. The molecule has 2 aromatic rings. The first-order valence-corrected chi connectivity index (χ1v) is 9.79. The molecule has 7 nitrogen and oxygen atoms in total. The van der Waals surface area contributed by atoms with E-state index in [1.807, 2.05) is 32.0 Å². The first-order chi connectivity index (χ1) is 12.3. The van der Waals surface area contributed by atoms with Gasteiger partial charge in [-0.3, -0.25) is 4.79 Å². The summed E-state index contributed by atoms with van der Waals surface area (Å²) in [6, 6.07) is 5.08. The SMILES string of the molecule is CC(C)[C@H](NC(=O)O)C(=O)N1C[C@H](C)C[C@H]1c1nc2cc(I)ccc2[nH]1. The van der Waals surface area contributed by atoms with Gasteiger partial charge in [0.1, 0.15) is 11.9 Å². The molecule has 0 spiro atoms. The van der Waals surface area contributed by atoms with Crippen molar-refractivity contribution in [2.24, 2.45) is 11.8 Å². The molecule has 2 amide bonds. The van der Waals surface area contributed by atoms with E-state index >= 15 is 0 Å². The molecule has 3 N–H and O–H groups in total. The first-order valence-electron chi connectivity index (χ1n) is 8.71. The molecule has 3 atom stereocenters. The van der Waals surface area contributed by atoms with Crippen molar-refractivity contribution in [2.75, 3.05) is 6.54 Å². The second-order valence-electron chi connectivity index (χ2n) is 7.30. The van der Waals surface area contributed by atoms with Crippen molar-refractivity contribution in [3.8, 4) is 0 Å². The number of rotatable bonds is 4. The maximum Gasteiger partial charge on any atom is 0.405 e. The fourth-order valence-corrected chi connectivity index (χ4v) is 4.01. The Morgan fingerprint density at radius 3 is 2.81 bits per heavy atom. The third kappa shape index (κ3) is 3.79. The molecule has 26 heavy (non-hydrogen) atoms. The van der Waals surface area contributed by atoms with Crippen LogP contribution in [0.1, 0.15) is 39.1 Å². The lowest BCUT2D eigenvalue weighted by atomic mass is 10.0. The van der Waals surface area contributed by atoms with Gasteiger partial charge in [-0.05, 0) is 59.0 Å². The number of nitrogens with zero attached hydrogens (tertiary/aromatic N) is 2. The number of carbonyl (C=O) groups excluding carboxylic acids is 1. The molecule has 3 rings (SSSR count). The Kier molecular flexibility index (Phi) is 5.40. The van der Waals surface area contributed by atoms with Gasteiger partial charge in [0.2, 0.25) is 5.91 Å². The number of fused-ring (bicyclic) bond motifs is 1. The smallest absolute Gasteiger partial charge is 0.405 e. The number of aromatic nitrogens is 2. The Morgan fingerprint density at radius 1 is 1.42 bits per heavy atom. The summed E-state index contributed by atoms with van der Waals surface area (Å²) in [6.07, 6.45) is -0.375. The summed E-state index contributed by atoms with van der Waals surface area (Å²) in [4.78, 5) is 34.0. The highest BCUT2D eigenvalue weighted by molar-refractivity contribution is 14.1. The Bertz CT molecular complexity index is 835. The van der Waals surface area contributed by atoms with E-state index in [-0.39, 0.29) is 17.9 Å². The molecule has 0 saturated carbocycles. The first kappa shape index (κ1) is 18.9. The van der Waals surface area contributed by atoms with Gasteiger partial charge in [0.15, 0.2) is 0 Å². The number of hydrogen-bond donors (Lipinski definition) is 3. The molecule has 1 aliphatic rings. The minimum Gasteiger partial charge on any atom is -0.465 e. The van der Waals surface area contributed by atoms with E-state index < -0.39 is 12.1 Å². The highest BCUT2D eigenvalue weighted by Crippen LogP contribution is 2.35. The molecule has 1 aromatic carbocycles.